The number of nitrogens with zero attached hydrogens (tertiary/aromatic N) is 2. The van der Waals surface area contributed by atoms with Crippen LogP contribution < -0.4 is 5.73 Å². The van der Waals surface area contributed by atoms with Gasteiger partial charge in [0.2, 0.25) is 0 Å². The van der Waals surface area contributed by atoms with Crippen LogP contribution in [0.15, 0.2) is 72.8 Å². The van der Waals surface area contributed by atoms with Gasteiger partial charge in [0.05, 0.1) is 12.1 Å². The second-order valence-corrected chi connectivity index (χ2v) is 5.73. The van der Waals surface area contributed by atoms with E-state index in [1.807, 2.05) is 72.8 Å². The van der Waals surface area contributed by atoms with E-state index < -0.39 is 5.92 Å². The van der Waals surface area contributed by atoms with Crippen molar-refractivity contribution < 1.29 is 0 Å². The molecule has 3 aromatic rings. The third kappa shape index (κ3) is 3.28. The monoisotopic (exact) mass is 323 g/mol. The van der Waals surface area contributed by atoms with Crippen molar-refractivity contribution in [3.63, 3.8) is 0 Å². The fraction of sp³-hybridized carbons (Fsp3) is 0.0909. The van der Waals surface area contributed by atoms with E-state index in [0.717, 1.165) is 33.4 Å². The summed E-state index contributed by atoms with van der Waals surface area (Å²) in [5.41, 5.74) is 11.3. The minimum absolute atomic E-state index is 0.393. The smallest absolute Gasteiger partial charge is 0.159 e. The van der Waals surface area contributed by atoms with Gasteiger partial charge in [0.25, 0.3) is 0 Å². The van der Waals surface area contributed by atoms with Crippen molar-refractivity contribution in [2.24, 2.45) is 5.73 Å². The molecule has 0 fully saturated rings. The van der Waals surface area contributed by atoms with Crippen LogP contribution >= 0.6 is 0 Å². The van der Waals surface area contributed by atoms with Crippen LogP contribution in [0.5, 0.6) is 0 Å². The van der Waals surface area contributed by atoms with E-state index >= 15 is 0 Å². The normalized spacial score (nSPS) is 10.2. The first-order valence-electron chi connectivity index (χ1n) is 8.05. The Labute approximate surface area is 147 Å². The van der Waals surface area contributed by atoms with E-state index in [0.29, 0.717) is 6.54 Å². The predicted octanol–water partition coefficient (Wildman–Crippen LogP) is 4.61. The third-order valence-electron chi connectivity index (χ3n) is 4.19. The Morgan fingerprint density at radius 2 is 1.20 bits per heavy atom. The van der Waals surface area contributed by atoms with Gasteiger partial charge in [-0.15, -0.1) is 0 Å². The lowest BCUT2D eigenvalue weighted by molar-refractivity contribution is 1.05. The number of benzene rings is 3. The van der Waals surface area contributed by atoms with Crippen LogP contribution in [-0.2, 0) is 6.54 Å². The van der Waals surface area contributed by atoms with Crippen molar-refractivity contribution in [2.75, 3.05) is 0 Å². The molecular weight excluding hydrogens is 306 g/mol. The zero-order chi connectivity index (χ0) is 17.6. The second kappa shape index (κ2) is 7.45. The van der Waals surface area contributed by atoms with Crippen LogP contribution in [-0.4, -0.2) is 0 Å². The van der Waals surface area contributed by atoms with Gasteiger partial charge in [0.1, 0.15) is 0 Å². The average molecular weight is 323 g/mol. The fourth-order valence-electron chi connectivity index (χ4n) is 3.01. The fourth-order valence-corrected chi connectivity index (χ4v) is 3.01. The van der Waals surface area contributed by atoms with Gasteiger partial charge in [0, 0.05) is 6.54 Å². The lowest BCUT2D eigenvalue weighted by Crippen LogP contribution is -2.04. The van der Waals surface area contributed by atoms with Crippen LogP contribution in [0.4, 0.5) is 0 Å². The molecular formula is C22H17N3. The van der Waals surface area contributed by atoms with E-state index in [4.69, 9.17) is 5.73 Å². The maximum absolute atomic E-state index is 9.55. The Hall–Kier alpha value is -3.40. The van der Waals surface area contributed by atoms with Crippen LogP contribution in [0.2, 0.25) is 0 Å². The molecule has 3 heteroatoms. The molecule has 3 aromatic carbocycles. The second-order valence-electron chi connectivity index (χ2n) is 5.73. The van der Waals surface area contributed by atoms with E-state index in [1.165, 1.54) is 0 Å². The SMILES string of the molecule is N#CC(C#N)c1c(-c2ccccc2)cc(CN)cc1-c1ccccc1. The quantitative estimate of drug-likeness (QED) is 0.762. The number of hydrogen-bond acceptors (Lipinski definition) is 3. The van der Waals surface area contributed by atoms with Crippen molar-refractivity contribution in [3.05, 3.63) is 83.9 Å². The summed E-state index contributed by atoms with van der Waals surface area (Å²) in [5.74, 6) is -0.850. The van der Waals surface area contributed by atoms with Crippen molar-refractivity contribution in [2.45, 2.75) is 12.5 Å². The van der Waals surface area contributed by atoms with Crippen LogP contribution in [0.1, 0.15) is 17.0 Å². The van der Waals surface area contributed by atoms with Gasteiger partial charge in [-0.05, 0) is 45.5 Å². The van der Waals surface area contributed by atoms with Gasteiger partial charge in [-0.2, -0.15) is 10.5 Å². The molecule has 3 nitrogen and oxygen atoms in total. The van der Waals surface area contributed by atoms with Gasteiger partial charge < -0.3 is 5.73 Å². The van der Waals surface area contributed by atoms with Crippen LogP contribution in [0, 0.1) is 22.7 Å². The minimum Gasteiger partial charge on any atom is -0.326 e. The molecule has 0 aromatic heterocycles. The molecule has 0 saturated carbocycles. The first-order valence-corrected chi connectivity index (χ1v) is 8.05. The molecule has 3 rings (SSSR count). The Kier molecular flexibility index (Phi) is 4.90. The Morgan fingerprint density at radius 1 is 0.760 bits per heavy atom. The molecule has 0 atom stereocenters. The van der Waals surface area contributed by atoms with Crippen molar-refractivity contribution >= 4 is 0 Å². The molecule has 0 radical (unpaired) electrons. The number of rotatable bonds is 4. The highest BCUT2D eigenvalue weighted by Gasteiger charge is 2.21. The Balaban J connectivity index is 2.38. The molecule has 0 aliphatic heterocycles. The average Bonchev–Trinajstić information content (AvgIpc) is 2.70. The predicted molar refractivity (Wildman–Crippen MR) is 99.2 cm³/mol. The number of nitriles is 2. The molecule has 0 spiro atoms. The van der Waals surface area contributed by atoms with Gasteiger partial charge in [0.15, 0.2) is 5.92 Å². The van der Waals surface area contributed by atoms with E-state index in [-0.39, 0.29) is 0 Å². The maximum Gasteiger partial charge on any atom is 0.159 e. The molecule has 0 unspecified atom stereocenters. The summed E-state index contributed by atoms with van der Waals surface area (Å²) in [5, 5.41) is 19.1. The molecule has 0 amide bonds. The Bertz CT molecular complexity index is 874. The lowest BCUT2D eigenvalue weighted by Gasteiger charge is -2.18. The standard InChI is InChI=1S/C22H17N3/c23-13-16-11-20(17-7-3-1-4-8-17)22(19(14-24)15-25)21(12-16)18-9-5-2-6-10-18/h1-12,19H,13,23H2. The van der Waals surface area contributed by atoms with E-state index in [2.05, 4.69) is 12.1 Å². The third-order valence-corrected chi connectivity index (χ3v) is 4.19. The molecule has 0 aliphatic rings. The molecule has 120 valence electrons. The summed E-state index contributed by atoms with van der Waals surface area (Å²) in [7, 11) is 0. The lowest BCUT2D eigenvalue weighted by atomic mass is 9.84. The molecule has 0 aliphatic carbocycles. The number of nitrogens with two attached hydrogens (primary N) is 1. The van der Waals surface area contributed by atoms with Gasteiger partial charge in [-0.25, -0.2) is 0 Å². The maximum atomic E-state index is 9.55. The highest BCUT2D eigenvalue weighted by Crippen LogP contribution is 2.38. The van der Waals surface area contributed by atoms with Gasteiger partial charge >= 0.3 is 0 Å². The van der Waals surface area contributed by atoms with Gasteiger partial charge in [-0.1, -0.05) is 60.7 Å². The van der Waals surface area contributed by atoms with E-state index in [1.54, 1.807) is 0 Å². The molecule has 0 bridgehead atoms. The number of hydrogen-bond donors (Lipinski definition) is 1. The largest absolute Gasteiger partial charge is 0.326 e. The topological polar surface area (TPSA) is 73.6 Å². The van der Waals surface area contributed by atoms with Crippen molar-refractivity contribution in [1.29, 1.82) is 10.5 Å². The minimum atomic E-state index is -0.850. The van der Waals surface area contributed by atoms with Gasteiger partial charge in [-0.3, -0.25) is 0 Å². The molecule has 2 N–H and O–H groups in total. The molecule has 25 heavy (non-hydrogen) atoms. The summed E-state index contributed by atoms with van der Waals surface area (Å²) in [4.78, 5) is 0. The zero-order valence-corrected chi connectivity index (χ0v) is 13.7. The van der Waals surface area contributed by atoms with E-state index in [9.17, 15) is 10.5 Å². The summed E-state index contributed by atoms with van der Waals surface area (Å²) in [6.45, 7) is 0.393. The van der Waals surface area contributed by atoms with Crippen molar-refractivity contribution in [1.82, 2.24) is 0 Å². The zero-order valence-electron chi connectivity index (χ0n) is 13.7. The Morgan fingerprint density at radius 3 is 1.56 bits per heavy atom. The molecule has 0 saturated heterocycles. The summed E-state index contributed by atoms with van der Waals surface area (Å²) >= 11 is 0. The highest BCUT2D eigenvalue weighted by atomic mass is 14.5. The van der Waals surface area contributed by atoms with Crippen molar-refractivity contribution in [3.8, 4) is 34.4 Å². The summed E-state index contributed by atoms with van der Waals surface area (Å²) in [6.07, 6.45) is 0. The first kappa shape index (κ1) is 16.5. The first-order chi connectivity index (χ1) is 12.3. The van der Waals surface area contributed by atoms with Crippen LogP contribution in [0.25, 0.3) is 22.3 Å². The molecule has 0 heterocycles. The summed E-state index contributed by atoms with van der Waals surface area (Å²) in [6, 6.07) is 27.9. The summed E-state index contributed by atoms with van der Waals surface area (Å²) < 4.78 is 0. The van der Waals surface area contributed by atoms with Crippen LogP contribution in [0.3, 0.4) is 0 Å². The highest BCUT2D eigenvalue weighted by molar-refractivity contribution is 5.81.